The molecule has 3 rings (SSSR count). The number of carboxylic acids is 1. The fourth-order valence-electron chi connectivity index (χ4n) is 3.33. The van der Waals surface area contributed by atoms with Gasteiger partial charge in [-0.2, -0.15) is 5.26 Å². The van der Waals surface area contributed by atoms with Crippen molar-refractivity contribution in [3.05, 3.63) is 67.9 Å². The van der Waals surface area contributed by atoms with Crippen molar-refractivity contribution in [1.82, 2.24) is 4.98 Å². The number of aryl methyl sites for hydroxylation is 1. The topological polar surface area (TPSA) is 76.9 Å². The van der Waals surface area contributed by atoms with Gasteiger partial charge in [-0.3, -0.25) is 0 Å². The van der Waals surface area contributed by atoms with Gasteiger partial charge in [-0.1, -0.05) is 39.0 Å². The third-order valence-corrected chi connectivity index (χ3v) is 5.93. The fraction of sp³-hybridized carbons (Fsp3) is 0.238. The number of carbonyl (C=O) groups is 1. The number of benzene rings is 2. The van der Waals surface area contributed by atoms with Crippen molar-refractivity contribution in [1.29, 1.82) is 5.26 Å². The molecule has 26 heavy (non-hydrogen) atoms. The Balaban J connectivity index is 2.25. The first-order chi connectivity index (χ1) is 12.3. The van der Waals surface area contributed by atoms with E-state index in [2.05, 4.69) is 58.8 Å². The van der Waals surface area contributed by atoms with E-state index >= 15 is 0 Å². The molecule has 0 bridgehead atoms. The van der Waals surface area contributed by atoms with Crippen LogP contribution in [-0.4, -0.2) is 16.1 Å². The van der Waals surface area contributed by atoms with Gasteiger partial charge < -0.3 is 10.1 Å². The molecule has 3 aromatic rings. The van der Waals surface area contributed by atoms with Crippen LogP contribution in [0, 0.1) is 14.9 Å². The average molecular weight is 458 g/mol. The maximum absolute atomic E-state index is 12.0. The monoisotopic (exact) mass is 458 g/mol. The number of H-pyrrole nitrogens is 1. The van der Waals surface area contributed by atoms with Crippen molar-refractivity contribution >= 4 is 39.5 Å². The maximum atomic E-state index is 12.0. The SMILES string of the molecule is CCc1ccc(C(C)(C)c2[nH]c3cc(C#N)ccc3c2C(=O)O)cc1I. The van der Waals surface area contributed by atoms with Gasteiger partial charge >= 0.3 is 5.97 Å². The molecule has 0 aliphatic carbocycles. The van der Waals surface area contributed by atoms with Crippen molar-refractivity contribution in [2.45, 2.75) is 32.6 Å². The number of hydrogen-bond donors (Lipinski definition) is 2. The van der Waals surface area contributed by atoms with E-state index < -0.39 is 11.4 Å². The lowest BCUT2D eigenvalue weighted by atomic mass is 9.79. The molecule has 0 atom stereocenters. The summed E-state index contributed by atoms with van der Waals surface area (Å²) in [5.74, 6) is -0.969. The van der Waals surface area contributed by atoms with Gasteiger partial charge in [-0.25, -0.2) is 4.79 Å². The zero-order valence-electron chi connectivity index (χ0n) is 14.9. The fourth-order valence-corrected chi connectivity index (χ4v) is 4.22. The lowest BCUT2D eigenvalue weighted by Crippen LogP contribution is -2.23. The lowest BCUT2D eigenvalue weighted by Gasteiger charge is -2.26. The van der Waals surface area contributed by atoms with E-state index in [4.69, 9.17) is 5.26 Å². The predicted octanol–water partition coefficient (Wildman–Crippen LogP) is 5.23. The quantitative estimate of drug-likeness (QED) is 0.526. The van der Waals surface area contributed by atoms with Crippen LogP contribution in [0.15, 0.2) is 36.4 Å². The highest BCUT2D eigenvalue weighted by molar-refractivity contribution is 14.1. The molecule has 0 spiro atoms. The van der Waals surface area contributed by atoms with Crippen LogP contribution >= 0.6 is 22.6 Å². The molecular formula is C21H19IN2O2. The molecule has 5 heteroatoms. The summed E-state index contributed by atoms with van der Waals surface area (Å²) in [7, 11) is 0. The molecule has 1 heterocycles. The number of nitrogens with zero attached hydrogens (tertiary/aromatic N) is 1. The minimum atomic E-state index is -0.969. The van der Waals surface area contributed by atoms with Gasteiger partial charge in [0.25, 0.3) is 0 Å². The summed E-state index contributed by atoms with van der Waals surface area (Å²) in [4.78, 5) is 15.3. The number of hydrogen-bond acceptors (Lipinski definition) is 2. The van der Waals surface area contributed by atoms with Gasteiger partial charge in [0.15, 0.2) is 0 Å². The summed E-state index contributed by atoms with van der Waals surface area (Å²) in [6.45, 7) is 6.16. The Kier molecular flexibility index (Phi) is 4.80. The van der Waals surface area contributed by atoms with E-state index in [0.29, 0.717) is 22.2 Å². The first kappa shape index (κ1) is 18.5. The molecule has 0 aliphatic heterocycles. The van der Waals surface area contributed by atoms with E-state index in [1.54, 1.807) is 18.2 Å². The van der Waals surface area contributed by atoms with Crippen molar-refractivity contribution in [2.24, 2.45) is 0 Å². The number of fused-ring (bicyclic) bond motifs is 1. The molecule has 0 unspecified atom stereocenters. The minimum absolute atomic E-state index is 0.268. The molecule has 2 aromatic carbocycles. The van der Waals surface area contributed by atoms with Crippen molar-refractivity contribution in [3.63, 3.8) is 0 Å². The van der Waals surface area contributed by atoms with Crippen molar-refractivity contribution < 1.29 is 9.90 Å². The Morgan fingerprint density at radius 3 is 2.58 bits per heavy atom. The van der Waals surface area contributed by atoms with Crippen LogP contribution in [0.5, 0.6) is 0 Å². The zero-order chi connectivity index (χ0) is 19.1. The maximum Gasteiger partial charge on any atom is 0.338 e. The van der Waals surface area contributed by atoms with E-state index in [-0.39, 0.29) is 5.56 Å². The van der Waals surface area contributed by atoms with Gasteiger partial charge in [0.05, 0.1) is 17.2 Å². The van der Waals surface area contributed by atoms with Crippen molar-refractivity contribution in [3.8, 4) is 6.07 Å². The molecule has 1 aromatic heterocycles. The van der Waals surface area contributed by atoms with Crippen LogP contribution in [0.4, 0.5) is 0 Å². The van der Waals surface area contributed by atoms with Gasteiger partial charge in [0, 0.05) is 25.6 Å². The highest BCUT2D eigenvalue weighted by atomic mass is 127. The molecule has 0 radical (unpaired) electrons. The molecular weight excluding hydrogens is 439 g/mol. The summed E-state index contributed by atoms with van der Waals surface area (Å²) < 4.78 is 1.18. The van der Waals surface area contributed by atoms with E-state index in [1.165, 1.54) is 9.13 Å². The highest BCUT2D eigenvalue weighted by Gasteiger charge is 2.32. The molecule has 132 valence electrons. The largest absolute Gasteiger partial charge is 0.478 e. The van der Waals surface area contributed by atoms with E-state index in [1.807, 2.05) is 13.8 Å². The predicted molar refractivity (Wildman–Crippen MR) is 111 cm³/mol. The molecule has 2 N–H and O–H groups in total. The van der Waals surface area contributed by atoms with Crippen LogP contribution in [0.3, 0.4) is 0 Å². The lowest BCUT2D eigenvalue weighted by molar-refractivity contribution is 0.0696. The summed E-state index contributed by atoms with van der Waals surface area (Å²) in [6.07, 6.45) is 0.961. The van der Waals surface area contributed by atoms with Crippen LogP contribution in [0.1, 0.15) is 53.5 Å². The summed E-state index contributed by atoms with van der Waals surface area (Å²) in [5.41, 5.74) is 3.89. The number of aromatic amines is 1. The van der Waals surface area contributed by atoms with Crippen LogP contribution in [0.2, 0.25) is 0 Å². The molecule has 0 amide bonds. The Hall–Kier alpha value is -2.33. The Morgan fingerprint density at radius 1 is 1.27 bits per heavy atom. The summed E-state index contributed by atoms with van der Waals surface area (Å²) in [5, 5.41) is 19.6. The first-order valence-electron chi connectivity index (χ1n) is 8.38. The zero-order valence-corrected chi connectivity index (χ0v) is 17.0. The molecule has 4 nitrogen and oxygen atoms in total. The number of aromatic carboxylic acids is 1. The van der Waals surface area contributed by atoms with E-state index in [0.717, 1.165) is 12.0 Å². The van der Waals surface area contributed by atoms with Gasteiger partial charge in [0.2, 0.25) is 0 Å². The summed E-state index contributed by atoms with van der Waals surface area (Å²) in [6, 6.07) is 13.5. The number of rotatable bonds is 4. The van der Waals surface area contributed by atoms with Crippen LogP contribution in [0.25, 0.3) is 10.9 Å². The number of aromatic nitrogens is 1. The average Bonchev–Trinajstić information content (AvgIpc) is 3.01. The standard InChI is InChI=1S/C21H19IN2O2/c1-4-13-6-7-14(10-16(13)22)21(2,3)19-18(20(25)26)15-8-5-12(11-23)9-17(15)24-19/h5-10,24H,4H2,1-3H3,(H,25,26). The Bertz CT molecular complexity index is 1060. The van der Waals surface area contributed by atoms with Gasteiger partial charge in [-0.05, 0) is 58.3 Å². The third-order valence-electron chi connectivity index (χ3n) is 4.92. The van der Waals surface area contributed by atoms with Crippen molar-refractivity contribution in [2.75, 3.05) is 0 Å². The number of nitriles is 1. The Labute approximate surface area is 166 Å². The molecule has 0 fully saturated rings. The molecule has 0 aliphatic rings. The first-order valence-corrected chi connectivity index (χ1v) is 9.46. The molecule has 0 saturated carbocycles. The second kappa shape index (κ2) is 6.76. The van der Waals surface area contributed by atoms with Crippen LogP contribution in [-0.2, 0) is 11.8 Å². The number of nitrogens with one attached hydrogen (secondary N) is 1. The Morgan fingerprint density at radius 2 is 2.00 bits per heavy atom. The number of halogens is 1. The molecule has 0 saturated heterocycles. The summed E-state index contributed by atoms with van der Waals surface area (Å²) >= 11 is 2.33. The number of carboxylic acid groups (broad SMARTS) is 1. The third kappa shape index (κ3) is 2.99. The van der Waals surface area contributed by atoms with Gasteiger partial charge in [-0.15, -0.1) is 0 Å². The van der Waals surface area contributed by atoms with Gasteiger partial charge in [0.1, 0.15) is 0 Å². The smallest absolute Gasteiger partial charge is 0.338 e. The second-order valence-electron chi connectivity index (χ2n) is 6.84. The highest BCUT2D eigenvalue weighted by Crippen LogP contribution is 2.37. The normalized spacial score (nSPS) is 11.5. The van der Waals surface area contributed by atoms with E-state index in [9.17, 15) is 9.90 Å². The minimum Gasteiger partial charge on any atom is -0.478 e. The second-order valence-corrected chi connectivity index (χ2v) is 8.00. The van der Waals surface area contributed by atoms with Crippen LogP contribution < -0.4 is 0 Å².